The van der Waals surface area contributed by atoms with Gasteiger partial charge in [-0.3, -0.25) is 9.59 Å². The summed E-state index contributed by atoms with van der Waals surface area (Å²) in [6.45, 7) is 3.85. The maximum absolute atomic E-state index is 13.3. The van der Waals surface area contributed by atoms with Crippen molar-refractivity contribution in [3.05, 3.63) is 96.3 Å². The van der Waals surface area contributed by atoms with Crippen LogP contribution in [0.5, 0.6) is 0 Å². The zero-order valence-corrected chi connectivity index (χ0v) is 27.1. The number of carbonyl (C=O) groups excluding carboxylic acids is 2. The summed E-state index contributed by atoms with van der Waals surface area (Å²) < 4.78 is 0. The molecular formula is C30H21Cl4N3O4S2. The Kier molecular flexibility index (Phi) is 10.7. The Bertz CT molecular complexity index is 1790. The summed E-state index contributed by atoms with van der Waals surface area (Å²) in [6.07, 6.45) is 0.477. The van der Waals surface area contributed by atoms with Crippen molar-refractivity contribution in [3.8, 4) is 17.2 Å². The number of rotatable bonds is 9. The van der Waals surface area contributed by atoms with Crippen LogP contribution in [0.1, 0.15) is 45.2 Å². The summed E-state index contributed by atoms with van der Waals surface area (Å²) in [6, 6.07) is 16.7. The molecule has 1 aromatic heterocycles. The van der Waals surface area contributed by atoms with Crippen LogP contribution in [0.25, 0.3) is 11.1 Å². The molecule has 0 radical (unpaired) electrons. The molecule has 0 saturated heterocycles. The topological polar surface area (TPSA) is 119 Å². The van der Waals surface area contributed by atoms with Crippen LogP contribution in [0.3, 0.4) is 0 Å². The molecule has 2 amide bonds. The first-order valence-corrected chi connectivity index (χ1v) is 15.8. The number of amides is 2. The molecule has 4 rings (SSSR count). The number of nitrogens with zero attached hydrogens (tertiary/aromatic N) is 1. The lowest BCUT2D eigenvalue weighted by Gasteiger charge is -2.16. The molecule has 0 aliphatic carbocycles. The third-order valence-electron chi connectivity index (χ3n) is 6.24. The number of halogens is 4. The van der Waals surface area contributed by atoms with Crippen LogP contribution in [0.4, 0.5) is 10.7 Å². The van der Waals surface area contributed by atoms with Crippen molar-refractivity contribution >= 4 is 98.0 Å². The number of nitriles is 1. The molecule has 0 bridgehead atoms. The molecule has 4 aromatic rings. The minimum Gasteiger partial charge on any atom is -0.478 e. The van der Waals surface area contributed by atoms with Gasteiger partial charge < -0.3 is 15.7 Å². The molecule has 220 valence electrons. The zero-order valence-electron chi connectivity index (χ0n) is 22.4. The summed E-state index contributed by atoms with van der Waals surface area (Å²) >= 11 is 26.9. The normalized spacial score (nSPS) is 11.5. The second-order valence-electron chi connectivity index (χ2n) is 9.13. The third-order valence-corrected chi connectivity index (χ3v) is 10.3. The average Bonchev–Trinajstić information content (AvgIpc) is 3.38. The number of aromatic carboxylic acids is 1. The van der Waals surface area contributed by atoms with E-state index in [9.17, 15) is 24.8 Å². The van der Waals surface area contributed by atoms with Gasteiger partial charge in [0, 0.05) is 21.5 Å². The number of thioether (sulfide) groups is 1. The van der Waals surface area contributed by atoms with Crippen LogP contribution in [-0.2, 0) is 4.79 Å². The average molecular weight is 693 g/mol. The van der Waals surface area contributed by atoms with E-state index in [2.05, 4.69) is 16.7 Å². The van der Waals surface area contributed by atoms with E-state index in [1.54, 1.807) is 24.3 Å². The molecule has 0 aliphatic heterocycles. The lowest BCUT2D eigenvalue weighted by molar-refractivity contribution is -0.115. The summed E-state index contributed by atoms with van der Waals surface area (Å²) in [5.41, 5.74) is 2.43. The highest BCUT2D eigenvalue weighted by molar-refractivity contribution is 8.00. The number of carboxylic acids is 1. The Morgan fingerprint density at radius 1 is 0.977 bits per heavy atom. The number of carboxylic acid groups (broad SMARTS) is 1. The quantitative estimate of drug-likeness (QED) is 0.0913. The number of carbonyl (C=O) groups is 3. The number of thiophene rings is 1. The first-order chi connectivity index (χ1) is 20.5. The predicted octanol–water partition coefficient (Wildman–Crippen LogP) is 9.67. The molecule has 7 nitrogen and oxygen atoms in total. The van der Waals surface area contributed by atoms with Gasteiger partial charge in [0.05, 0.1) is 42.0 Å². The summed E-state index contributed by atoms with van der Waals surface area (Å²) in [5, 5.41) is 25.5. The molecule has 0 saturated carbocycles. The van der Waals surface area contributed by atoms with Gasteiger partial charge in [0.15, 0.2) is 0 Å². The van der Waals surface area contributed by atoms with Crippen molar-refractivity contribution in [2.45, 2.75) is 30.4 Å². The van der Waals surface area contributed by atoms with Gasteiger partial charge in [-0.1, -0.05) is 89.2 Å². The molecule has 0 fully saturated rings. The van der Waals surface area contributed by atoms with Crippen LogP contribution < -0.4 is 10.6 Å². The zero-order chi connectivity index (χ0) is 31.4. The Morgan fingerprint density at radius 3 is 2.23 bits per heavy atom. The highest BCUT2D eigenvalue weighted by Crippen LogP contribution is 2.42. The van der Waals surface area contributed by atoms with Crippen LogP contribution >= 0.6 is 69.5 Å². The van der Waals surface area contributed by atoms with Crippen molar-refractivity contribution < 1.29 is 19.5 Å². The minimum atomic E-state index is -1.51. The lowest BCUT2D eigenvalue weighted by atomic mass is 10.0. The molecule has 1 unspecified atom stereocenters. The molecule has 43 heavy (non-hydrogen) atoms. The van der Waals surface area contributed by atoms with Gasteiger partial charge in [-0.05, 0) is 37.1 Å². The van der Waals surface area contributed by atoms with E-state index in [0.29, 0.717) is 27.6 Å². The number of hydrogen-bond acceptors (Lipinski definition) is 6. The monoisotopic (exact) mass is 691 g/mol. The summed E-state index contributed by atoms with van der Waals surface area (Å²) in [7, 11) is 0. The fourth-order valence-electron chi connectivity index (χ4n) is 4.07. The van der Waals surface area contributed by atoms with Crippen molar-refractivity contribution in [2.24, 2.45) is 0 Å². The fraction of sp³-hybridized carbons (Fsp3) is 0.133. The van der Waals surface area contributed by atoms with Gasteiger partial charge in [0.2, 0.25) is 5.91 Å². The molecule has 13 heteroatoms. The standard InChI is InChI=1S/C30H21Cl4N3O4S2/c1-3-20(27(38)37-29-18(12-35)19(13-42-29)15-9-7-14(2)8-10-15)43-17-6-4-5-16(11-17)36-28(39)21-22(30(40)41)24(32)26(34)25(33)23(21)31/h4-11,13,20H,3H2,1-2H3,(H,36,39)(H,37,38)(H,40,41). The van der Waals surface area contributed by atoms with E-state index in [0.717, 1.165) is 16.7 Å². The number of nitrogens with one attached hydrogen (secondary N) is 2. The van der Waals surface area contributed by atoms with Gasteiger partial charge in [0.25, 0.3) is 5.91 Å². The van der Waals surface area contributed by atoms with Gasteiger partial charge in [-0.2, -0.15) is 5.26 Å². The number of hydrogen-bond donors (Lipinski definition) is 3. The van der Waals surface area contributed by atoms with Gasteiger partial charge in [-0.15, -0.1) is 23.1 Å². The van der Waals surface area contributed by atoms with Crippen LogP contribution in [0.15, 0.2) is 58.8 Å². The second kappa shape index (κ2) is 14.0. The molecular weight excluding hydrogens is 672 g/mol. The largest absolute Gasteiger partial charge is 0.478 e. The molecule has 1 atom stereocenters. The van der Waals surface area contributed by atoms with Crippen molar-refractivity contribution in [2.75, 3.05) is 10.6 Å². The SMILES string of the molecule is CCC(Sc1cccc(NC(=O)c2c(Cl)c(Cl)c(Cl)c(Cl)c2C(=O)O)c1)C(=O)Nc1scc(-c2ccc(C)cc2)c1C#N. The van der Waals surface area contributed by atoms with E-state index < -0.39 is 33.3 Å². The Morgan fingerprint density at radius 2 is 1.63 bits per heavy atom. The van der Waals surface area contributed by atoms with Crippen LogP contribution in [0.2, 0.25) is 20.1 Å². The minimum absolute atomic E-state index is 0.249. The van der Waals surface area contributed by atoms with Gasteiger partial charge >= 0.3 is 5.97 Å². The van der Waals surface area contributed by atoms with Crippen molar-refractivity contribution in [3.63, 3.8) is 0 Å². The van der Waals surface area contributed by atoms with Gasteiger partial charge in [-0.25, -0.2) is 4.79 Å². The Labute approximate surface area is 275 Å². The molecule has 0 spiro atoms. The van der Waals surface area contributed by atoms with Crippen molar-refractivity contribution in [1.29, 1.82) is 5.26 Å². The first kappa shape index (κ1) is 32.7. The van der Waals surface area contributed by atoms with E-state index >= 15 is 0 Å². The van der Waals surface area contributed by atoms with E-state index in [1.807, 2.05) is 43.5 Å². The Hall–Kier alpha value is -3.23. The predicted molar refractivity (Wildman–Crippen MR) is 176 cm³/mol. The number of anilines is 2. The molecule has 1 heterocycles. The molecule has 0 aliphatic rings. The van der Waals surface area contributed by atoms with E-state index in [4.69, 9.17) is 46.4 Å². The van der Waals surface area contributed by atoms with E-state index in [1.165, 1.54) is 23.1 Å². The smallest absolute Gasteiger partial charge is 0.338 e. The maximum Gasteiger partial charge on any atom is 0.338 e. The van der Waals surface area contributed by atoms with E-state index in [-0.39, 0.29) is 21.0 Å². The highest BCUT2D eigenvalue weighted by atomic mass is 35.5. The summed E-state index contributed by atoms with van der Waals surface area (Å²) in [5.74, 6) is -2.65. The maximum atomic E-state index is 13.3. The first-order valence-electron chi connectivity index (χ1n) is 12.5. The molecule has 3 aromatic carbocycles. The summed E-state index contributed by atoms with van der Waals surface area (Å²) in [4.78, 5) is 38.9. The third kappa shape index (κ3) is 7.13. The highest BCUT2D eigenvalue weighted by Gasteiger charge is 2.29. The molecule has 3 N–H and O–H groups in total. The number of aryl methyl sites for hydroxylation is 1. The van der Waals surface area contributed by atoms with Crippen molar-refractivity contribution in [1.82, 2.24) is 0 Å². The lowest BCUT2D eigenvalue weighted by Crippen LogP contribution is -2.24. The van der Waals surface area contributed by atoms with Crippen LogP contribution in [0, 0.1) is 18.3 Å². The van der Waals surface area contributed by atoms with Crippen LogP contribution in [-0.4, -0.2) is 28.1 Å². The Balaban J connectivity index is 1.52. The second-order valence-corrected chi connectivity index (χ2v) is 12.8. The van der Waals surface area contributed by atoms with Gasteiger partial charge in [0.1, 0.15) is 11.1 Å². The number of benzene rings is 3. The fourth-order valence-corrected chi connectivity index (χ4v) is 7.03.